The normalized spacial score (nSPS) is 10.4. The molecule has 5 heterocycles. The van der Waals surface area contributed by atoms with Crippen molar-refractivity contribution in [3.05, 3.63) is 158 Å². The van der Waals surface area contributed by atoms with E-state index in [0.717, 1.165) is 38.4 Å². The van der Waals surface area contributed by atoms with Gasteiger partial charge in [0.05, 0.1) is 27.9 Å². The van der Waals surface area contributed by atoms with Gasteiger partial charge in [-0.2, -0.15) is 0 Å². The lowest BCUT2D eigenvalue weighted by molar-refractivity contribution is -0.115. The number of carbonyl (C=O) groups is 2. The molecular formula is C40H33Cl3N10O2. The fourth-order valence-corrected chi connectivity index (χ4v) is 4.95. The standard InChI is InChI=1S/C15H12N4O.C11H7Cl3N2O.C9H8N2.C5H6N2/c20-15(19-14-7-3-4-9-17-14)18-13-8-10-16-12-6-2-1-5-11(12)13;12-11(13,14)10(17)16-9-5-6-15-8-4-2-1-3-7(8)9;10-8-5-6-11-9-4-2-1-3-7(8)9;6-5-3-1-2-4-7-5/h1-10H,(H2,16,17,18,19,20);1-6H,(H,15,16,17);1-6H,(H2,10,11);1-4H,(H2,6,7). The second-order valence-corrected chi connectivity index (χ2v) is 13.5. The van der Waals surface area contributed by atoms with E-state index < -0.39 is 9.70 Å². The molecule has 15 heteroatoms. The molecule has 7 N–H and O–H groups in total. The molecule has 0 aliphatic heterocycles. The van der Waals surface area contributed by atoms with Crippen LogP contribution in [0.25, 0.3) is 32.7 Å². The number of hydrogen-bond donors (Lipinski definition) is 5. The van der Waals surface area contributed by atoms with Gasteiger partial charge < -0.3 is 22.1 Å². The summed E-state index contributed by atoms with van der Waals surface area (Å²) in [5, 5.41) is 10.7. The minimum atomic E-state index is -1.98. The first-order valence-electron chi connectivity index (χ1n) is 16.4. The molecule has 0 spiro atoms. The van der Waals surface area contributed by atoms with E-state index in [0.29, 0.717) is 23.0 Å². The molecule has 5 aromatic heterocycles. The number of amides is 3. The fraction of sp³-hybridized carbons (Fsp3) is 0.0250. The molecule has 55 heavy (non-hydrogen) atoms. The van der Waals surface area contributed by atoms with Crippen LogP contribution in [0.15, 0.2) is 158 Å². The first kappa shape index (κ1) is 39.6. The third-order valence-corrected chi connectivity index (χ3v) is 7.84. The zero-order valence-corrected chi connectivity index (χ0v) is 31.1. The smallest absolute Gasteiger partial charge is 0.324 e. The Morgan fingerprint density at radius 2 is 0.945 bits per heavy atom. The Labute approximate surface area is 330 Å². The highest BCUT2D eigenvalue weighted by Crippen LogP contribution is 2.29. The molecular weight excluding hydrogens is 759 g/mol. The molecule has 8 rings (SSSR count). The van der Waals surface area contributed by atoms with Crippen molar-refractivity contribution in [1.29, 1.82) is 0 Å². The van der Waals surface area contributed by atoms with Crippen molar-refractivity contribution < 1.29 is 9.59 Å². The second-order valence-electron chi connectivity index (χ2n) is 11.2. The molecule has 0 bridgehead atoms. The molecule has 12 nitrogen and oxygen atoms in total. The summed E-state index contributed by atoms with van der Waals surface area (Å²) in [6, 6.07) is 38.5. The molecule has 0 fully saturated rings. The average molecular weight is 792 g/mol. The van der Waals surface area contributed by atoms with Crippen molar-refractivity contribution in [2.75, 3.05) is 27.4 Å². The number of carbonyl (C=O) groups excluding carboxylic acids is 2. The summed E-state index contributed by atoms with van der Waals surface area (Å²) in [7, 11) is 0. The molecule has 0 aliphatic rings. The van der Waals surface area contributed by atoms with Crippen molar-refractivity contribution in [2.45, 2.75) is 3.79 Å². The summed E-state index contributed by atoms with van der Waals surface area (Å²) < 4.78 is -1.98. The number of rotatable bonds is 3. The molecule has 0 atom stereocenters. The largest absolute Gasteiger partial charge is 0.398 e. The molecule has 0 saturated carbocycles. The Bertz CT molecular complexity index is 2470. The fourth-order valence-electron chi connectivity index (χ4n) is 4.80. The maximum Gasteiger partial charge on any atom is 0.324 e. The van der Waals surface area contributed by atoms with E-state index in [4.69, 9.17) is 46.3 Å². The summed E-state index contributed by atoms with van der Waals surface area (Å²) in [5.74, 6) is 0.379. The van der Waals surface area contributed by atoms with Crippen LogP contribution in [-0.4, -0.2) is 40.7 Å². The molecule has 0 saturated heterocycles. The Balaban J connectivity index is 0.000000150. The number of nitrogen functional groups attached to an aromatic ring is 2. The minimum absolute atomic E-state index is 0.333. The number of nitrogens with zero attached hydrogens (tertiary/aromatic N) is 5. The van der Waals surface area contributed by atoms with Gasteiger partial charge in [0, 0.05) is 52.8 Å². The van der Waals surface area contributed by atoms with Crippen molar-refractivity contribution in [1.82, 2.24) is 24.9 Å². The van der Waals surface area contributed by atoms with Crippen LogP contribution in [0.2, 0.25) is 0 Å². The van der Waals surface area contributed by atoms with Gasteiger partial charge in [0.15, 0.2) is 0 Å². The maximum atomic E-state index is 11.9. The van der Waals surface area contributed by atoms with Crippen LogP contribution in [-0.2, 0) is 4.79 Å². The number of para-hydroxylation sites is 3. The van der Waals surface area contributed by atoms with Crippen LogP contribution >= 0.6 is 34.8 Å². The SMILES string of the molecule is Nc1ccccn1.Nc1ccnc2ccccc12.O=C(Nc1ccccn1)Nc1ccnc2ccccc12.O=C(Nc1ccnc2ccccc12)C(Cl)(Cl)Cl. The highest BCUT2D eigenvalue weighted by molar-refractivity contribution is 6.76. The van der Waals surface area contributed by atoms with Crippen LogP contribution in [0.3, 0.4) is 0 Å². The Morgan fingerprint density at radius 1 is 0.473 bits per heavy atom. The summed E-state index contributed by atoms with van der Waals surface area (Å²) in [6.07, 6.45) is 8.25. The van der Waals surface area contributed by atoms with E-state index in [-0.39, 0.29) is 6.03 Å². The number of fused-ring (bicyclic) bond motifs is 3. The van der Waals surface area contributed by atoms with Gasteiger partial charge in [-0.05, 0) is 60.7 Å². The number of aromatic nitrogens is 5. The molecule has 3 amide bonds. The van der Waals surface area contributed by atoms with Gasteiger partial charge in [0.1, 0.15) is 11.6 Å². The number of benzene rings is 3. The van der Waals surface area contributed by atoms with Crippen molar-refractivity contribution in [3.63, 3.8) is 0 Å². The molecule has 0 aliphatic carbocycles. The Kier molecular flexibility index (Phi) is 14.0. The zero-order valence-electron chi connectivity index (χ0n) is 28.9. The van der Waals surface area contributed by atoms with Gasteiger partial charge in [-0.25, -0.2) is 14.8 Å². The van der Waals surface area contributed by atoms with Gasteiger partial charge in [0.25, 0.3) is 9.70 Å². The number of nitrogens with one attached hydrogen (secondary N) is 3. The predicted octanol–water partition coefficient (Wildman–Crippen LogP) is 9.30. The van der Waals surface area contributed by atoms with Crippen molar-refractivity contribution in [2.24, 2.45) is 0 Å². The van der Waals surface area contributed by atoms with Gasteiger partial charge in [-0.15, -0.1) is 0 Å². The minimum Gasteiger partial charge on any atom is -0.398 e. The molecule has 276 valence electrons. The van der Waals surface area contributed by atoms with Gasteiger partial charge >= 0.3 is 6.03 Å². The van der Waals surface area contributed by atoms with Gasteiger partial charge in [-0.1, -0.05) is 102 Å². The molecule has 0 radical (unpaired) electrons. The van der Waals surface area contributed by atoms with Crippen LogP contribution in [0, 0.1) is 0 Å². The number of urea groups is 1. The monoisotopic (exact) mass is 790 g/mol. The zero-order chi connectivity index (χ0) is 39.0. The van der Waals surface area contributed by atoms with E-state index in [1.54, 1.807) is 61.3 Å². The van der Waals surface area contributed by atoms with E-state index in [1.165, 1.54) is 0 Å². The second kappa shape index (κ2) is 19.5. The van der Waals surface area contributed by atoms with Crippen LogP contribution in [0.4, 0.5) is 33.5 Å². The highest BCUT2D eigenvalue weighted by Gasteiger charge is 2.30. The first-order valence-corrected chi connectivity index (χ1v) is 17.5. The van der Waals surface area contributed by atoms with Crippen LogP contribution in [0.5, 0.6) is 0 Å². The number of halogens is 3. The third-order valence-electron chi connectivity index (χ3n) is 7.33. The van der Waals surface area contributed by atoms with E-state index in [9.17, 15) is 9.59 Å². The predicted molar refractivity (Wildman–Crippen MR) is 224 cm³/mol. The number of hydrogen-bond acceptors (Lipinski definition) is 9. The Morgan fingerprint density at radius 3 is 1.42 bits per heavy atom. The Hall–Kier alpha value is -6.60. The van der Waals surface area contributed by atoms with E-state index >= 15 is 0 Å². The lowest BCUT2D eigenvalue weighted by atomic mass is 10.2. The number of anilines is 5. The molecule has 3 aromatic carbocycles. The molecule has 8 aromatic rings. The number of nitrogens with two attached hydrogens (primary N) is 2. The third kappa shape index (κ3) is 12.0. The lowest BCUT2D eigenvalue weighted by Crippen LogP contribution is -2.27. The van der Waals surface area contributed by atoms with Crippen molar-refractivity contribution in [3.8, 4) is 0 Å². The van der Waals surface area contributed by atoms with Gasteiger partial charge in [-0.3, -0.25) is 25.1 Å². The quantitative estimate of drug-likeness (QED) is 0.109. The lowest BCUT2D eigenvalue weighted by Gasteiger charge is -2.12. The van der Waals surface area contributed by atoms with Gasteiger partial charge in [0.2, 0.25) is 0 Å². The van der Waals surface area contributed by atoms with E-state index in [2.05, 4.69) is 40.9 Å². The number of alkyl halides is 3. The maximum absolute atomic E-state index is 11.9. The van der Waals surface area contributed by atoms with Crippen LogP contribution < -0.4 is 27.4 Å². The summed E-state index contributed by atoms with van der Waals surface area (Å²) >= 11 is 16.5. The topological polar surface area (TPSA) is 187 Å². The first-order chi connectivity index (χ1) is 26.6. The summed E-state index contributed by atoms with van der Waals surface area (Å²) in [4.78, 5) is 43.9. The highest BCUT2D eigenvalue weighted by atomic mass is 35.6. The number of pyridine rings is 5. The van der Waals surface area contributed by atoms with Crippen LogP contribution in [0.1, 0.15) is 0 Å². The average Bonchev–Trinajstić information content (AvgIpc) is 3.19. The summed E-state index contributed by atoms with van der Waals surface area (Å²) in [5.41, 5.74) is 15.6. The molecule has 0 unspecified atom stereocenters. The van der Waals surface area contributed by atoms with Crippen molar-refractivity contribution >= 4 is 108 Å². The van der Waals surface area contributed by atoms with E-state index in [1.807, 2.05) is 97.1 Å². The summed E-state index contributed by atoms with van der Waals surface area (Å²) in [6.45, 7) is 0.